The third-order valence-corrected chi connectivity index (χ3v) is 6.07. The molecule has 10 heteroatoms. The molecule has 1 atom stereocenters. The summed E-state index contributed by atoms with van der Waals surface area (Å²) in [5.41, 5.74) is 10.1. The van der Waals surface area contributed by atoms with Gasteiger partial charge in [0.05, 0.1) is 17.8 Å². The van der Waals surface area contributed by atoms with E-state index in [1.807, 2.05) is 36.1 Å². The number of nitrogen functional groups attached to an aromatic ring is 1. The fraction of sp³-hybridized carbons (Fsp3) is 0.318. The van der Waals surface area contributed by atoms with Crippen LogP contribution in [-0.4, -0.2) is 48.1 Å². The number of pyridine rings is 1. The van der Waals surface area contributed by atoms with Crippen LogP contribution in [0.25, 0.3) is 28.2 Å². The second-order valence-electron chi connectivity index (χ2n) is 8.12. The molecule has 0 radical (unpaired) electrons. The van der Waals surface area contributed by atoms with E-state index in [4.69, 9.17) is 5.73 Å². The van der Waals surface area contributed by atoms with E-state index < -0.39 is 0 Å². The largest absolute Gasteiger partial charge is 0.383 e. The summed E-state index contributed by atoms with van der Waals surface area (Å²) in [6, 6.07) is 5.70. The molecule has 4 aromatic rings. The number of nitrogens with one attached hydrogen (secondary N) is 1. The van der Waals surface area contributed by atoms with E-state index in [1.54, 1.807) is 19.2 Å². The summed E-state index contributed by atoms with van der Waals surface area (Å²) in [7, 11) is 0. The number of tetrazole rings is 1. The molecule has 0 spiro atoms. The molecule has 3 N–H and O–H groups in total. The van der Waals surface area contributed by atoms with E-state index in [2.05, 4.69) is 30.9 Å². The Hall–Kier alpha value is -3.66. The van der Waals surface area contributed by atoms with Gasteiger partial charge in [0.1, 0.15) is 11.5 Å². The highest BCUT2D eigenvalue weighted by atomic mass is 19.1. The number of hydrogen-bond acceptors (Lipinski definition) is 7. The number of nitrogens with zero attached hydrogens (tertiary/aromatic N) is 7. The number of rotatable bonds is 4. The Morgan fingerprint density at radius 3 is 2.88 bits per heavy atom. The topological polar surface area (TPSA) is 112 Å². The lowest BCUT2D eigenvalue weighted by Gasteiger charge is -2.22. The molecule has 1 aliphatic rings. The second kappa shape index (κ2) is 8.12. The molecule has 0 saturated carbocycles. The molecular weight excluding hydrogens is 409 g/mol. The van der Waals surface area contributed by atoms with E-state index in [0.717, 1.165) is 42.6 Å². The van der Waals surface area contributed by atoms with Crippen LogP contribution >= 0.6 is 0 Å². The fourth-order valence-electron chi connectivity index (χ4n) is 4.01. The number of hydrogen-bond donors (Lipinski definition) is 2. The number of aryl methyl sites for hydroxylation is 1. The Kier molecular flexibility index (Phi) is 5.14. The molecular formula is C22H24FN9. The van der Waals surface area contributed by atoms with Gasteiger partial charge in [-0.25, -0.2) is 9.37 Å². The summed E-state index contributed by atoms with van der Waals surface area (Å²) >= 11 is 0. The van der Waals surface area contributed by atoms with Crippen molar-refractivity contribution in [2.24, 2.45) is 0 Å². The third-order valence-electron chi connectivity index (χ3n) is 6.07. The first-order valence-electron chi connectivity index (χ1n) is 10.6. The van der Waals surface area contributed by atoms with E-state index in [-0.39, 0.29) is 17.3 Å². The van der Waals surface area contributed by atoms with Crippen LogP contribution < -0.4 is 11.1 Å². The lowest BCUT2D eigenvalue weighted by Crippen LogP contribution is -2.31. The molecule has 1 saturated heterocycles. The zero-order valence-electron chi connectivity index (χ0n) is 18.0. The lowest BCUT2D eigenvalue weighted by atomic mass is 10.1. The maximum absolute atomic E-state index is 15.0. The molecule has 9 nitrogen and oxygen atoms in total. The Morgan fingerprint density at radius 1 is 1.19 bits per heavy atom. The second-order valence-corrected chi connectivity index (χ2v) is 8.12. The van der Waals surface area contributed by atoms with Gasteiger partial charge < -0.3 is 11.1 Å². The molecule has 0 aliphatic carbocycles. The zero-order chi connectivity index (χ0) is 22.2. The van der Waals surface area contributed by atoms with Crippen LogP contribution in [0, 0.1) is 19.7 Å². The predicted octanol–water partition coefficient (Wildman–Crippen LogP) is 2.85. The van der Waals surface area contributed by atoms with Crippen LogP contribution in [0.15, 0.2) is 36.8 Å². The van der Waals surface area contributed by atoms with Crippen LogP contribution in [-0.2, 0) is 0 Å². The van der Waals surface area contributed by atoms with Crippen LogP contribution in [0.1, 0.15) is 30.0 Å². The van der Waals surface area contributed by atoms with Crippen molar-refractivity contribution in [1.82, 2.24) is 40.3 Å². The van der Waals surface area contributed by atoms with Crippen molar-refractivity contribution in [2.45, 2.75) is 32.7 Å². The minimum absolute atomic E-state index is 0.260. The van der Waals surface area contributed by atoms with E-state index in [0.29, 0.717) is 23.0 Å². The summed E-state index contributed by atoms with van der Waals surface area (Å²) in [4.78, 5) is 4.35. The maximum atomic E-state index is 15.0. The highest BCUT2D eigenvalue weighted by molar-refractivity contribution is 5.76. The van der Waals surface area contributed by atoms with Crippen molar-refractivity contribution in [3.05, 3.63) is 53.7 Å². The molecule has 164 valence electrons. The summed E-state index contributed by atoms with van der Waals surface area (Å²) in [5, 5.41) is 19.8. The van der Waals surface area contributed by atoms with Gasteiger partial charge in [0, 0.05) is 30.1 Å². The number of anilines is 1. The zero-order valence-corrected chi connectivity index (χ0v) is 18.0. The van der Waals surface area contributed by atoms with Gasteiger partial charge >= 0.3 is 0 Å². The summed E-state index contributed by atoms with van der Waals surface area (Å²) in [5.74, 6) is 0.212. The average molecular weight is 433 g/mol. The predicted molar refractivity (Wildman–Crippen MR) is 119 cm³/mol. The van der Waals surface area contributed by atoms with E-state index >= 15 is 0 Å². The lowest BCUT2D eigenvalue weighted by molar-refractivity contribution is 0.347. The van der Waals surface area contributed by atoms with E-state index in [1.165, 1.54) is 4.68 Å². The summed E-state index contributed by atoms with van der Waals surface area (Å²) in [6.45, 7) is 5.54. The number of benzene rings is 1. The number of halogens is 1. The van der Waals surface area contributed by atoms with Crippen LogP contribution in [0.3, 0.4) is 0 Å². The maximum Gasteiger partial charge on any atom is 0.190 e. The van der Waals surface area contributed by atoms with Crippen LogP contribution in [0.2, 0.25) is 0 Å². The standard InChI is InChI=1S/C22H24FN9/c1-13-5-6-19(20(23)14(13)2)32-22(28-29-30-32)18-8-15(9-26-21(18)24)16-10-27-31(12-16)17-4-3-7-25-11-17/h5-6,8-10,12,17,25H,3-4,7,11H2,1-2H3,(H2,24,26)/t17-/m0/s1. The Labute approximate surface area is 184 Å². The minimum Gasteiger partial charge on any atom is -0.383 e. The van der Waals surface area contributed by atoms with Crippen molar-refractivity contribution in [1.29, 1.82) is 0 Å². The molecule has 0 amide bonds. The summed E-state index contributed by atoms with van der Waals surface area (Å²) < 4.78 is 18.3. The van der Waals surface area contributed by atoms with Crippen molar-refractivity contribution < 1.29 is 4.39 Å². The quantitative estimate of drug-likeness (QED) is 0.509. The Balaban J connectivity index is 1.53. The smallest absolute Gasteiger partial charge is 0.190 e. The van der Waals surface area contributed by atoms with Crippen LogP contribution in [0.4, 0.5) is 10.2 Å². The first-order valence-corrected chi connectivity index (χ1v) is 10.6. The van der Waals surface area contributed by atoms with Gasteiger partial charge in [-0.2, -0.15) is 9.78 Å². The van der Waals surface area contributed by atoms with Gasteiger partial charge in [0.2, 0.25) is 0 Å². The van der Waals surface area contributed by atoms with Gasteiger partial charge in [-0.1, -0.05) is 6.07 Å². The monoisotopic (exact) mass is 433 g/mol. The summed E-state index contributed by atoms with van der Waals surface area (Å²) in [6.07, 6.45) is 7.75. The Bertz CT molecular complexity index is 1270. The molecule has 0 unspecified atom stereocenters. The molecule has 5 rings (SSSR count). The molecule has 1 fully saturated rings. The molecule has 4 heterocycles. The SMILES string of the molecule is Cc1ccc(-n2nnnc2-c2cc(-c3cnn([C@H]4CCCNC4)c3)cnc2N)c(F)c1C. The third kappa shape index (κ3) is 3.52. The number of aromatic nitrogens is 7. The molecule has 3 aromatic heterocycles. The normalized spacial score (nSPS) is 16.4. The van der Waals surface area contributed by atoms with Gasteiger partial charge in [-0.15, -0.1) is 5.10 Å². The van der Waals surface area contributed by atoms with Gasteiger partial charge in [-0.05, 0) is 66.9 Å². The molecule has 1 aliphatic heterocycles. The van der Waals surface area contributed by atoms with Gasteiger partial charge in [0.25, 0.3) is 0 Å². The highest BCUT2D eigenvalue weighted by Gasteiger charge is 2.20. The van der Waals surface area contributed by atoms with E-state index in [9.17, 15) is 4.39 Å². The van der Waals surface area contributed by atoms with Crippen molar-refractivity contribution >= 4 is 5.82 Å². The number of piperidine rings is 1. The van der Waals surface area contributed by atoms with Crippen molar-refractivity contribution in [2.75, 3.05) is 18.8 Å². The molecule has 0 bridgehead atoms. The first-order chi connectivity index (χ1) is 15.5. The first kappa shape index (κ1) is 20.3. The highest BCUT2D eigenvalue weighted by Crippen LogP contribution is 2.31. The average Bonchev–Trinajstić information content (AvgIpc) is 3.49. The minimum atomic E-state index is -0.372. The molecule has 1 aromatic carbocycles. The fourth-order valence-corrected chi connectivity index (χ4v) is 4.01. The van der Waals surface area contributed by atoms with Crippen molar-refractivity contribution in [3.8, 4) is 28.2 Å². The van der Waals surface area contributed by atoms with Gasteiger partial charge in [0.15, 0.2) is 11.6 Å². The van der Waals surface area contributed by atoms with Crippen LogP contribution in [0.5, 0.6) is 0 Å². The number of nitrogens with two attached hydrogens (primary N) is 1. The Morgan fingerprint density at radius 2 is 2.06 bits per heavy atom. The molecule has 32 heavy (non-hydrogen) atoms. The van der Waals surface area contributed by atoms with Crippen molar-refractivity contribution in [3.63, 3.8) is 0 Å². The van der Waals surface area contributed by atoms with Gasteiger partial charge in [-0.3, -0.25) is 4.68 Å².